The van der Waals surface area contributed by atoms with Crippen LogP contribution in [0.1, 0.15) is 32.1 Å². The number of methoxy groups -OCH3 is 1. The number of aliphatic hydroxyl groups is 1. The lowest BCUT2D eigenvalue weighted by molar-refractivity contribution is -0.0978. The number of halogens is 1. The molecule has 0 aromatic carbocycles. The predicted octanol–water partition coefficient (Wildman–Crippen LogP) is 2.06. The smallest absolute Gasteiger partial charge is 0.125 e. The van der Waals surface area contributed by atoms with Crippen molar-refractivity contribution in [2.45, 2.75) is 38.5 Å². The minimum absolute atomic E-state index is 0.613. The molecule has 0 saturated heterocycles. The van der Waals surface area contributed by atoms with E-state index in [0.29, 0.717) is 0 Å². The van der Waals surface area contributed by atoms with Gasteiger partial charge >= 0.3 is 0 Å². The number of rotatable bonds is 7. The molecule has 0 fully saturated rings. The van der Waals surface area contributed by atoms with Crippen LogP contribution in [0.15, 0.2) is 10.7 Å². The van der Waals surface area contributed by atoms with Crippen molar-refractivity contribution < 1.29 is 9.84 Å². The number of aliphatic hydroxyl groups excluding tert-OH is 1. The molecule has 5 nitrogen and oxygen atoms in total. The first-order chi connectivity index (χ1) is 8.85. The van der Waals surface area contributed by atoms with Gasteiger partial charge in [0.2, 0.25) is 0 Å². The summed E-state index contributed by atoms with van der Waals surface area (Å²) >= 11 is 3.46. The summed E-state index contributed by atoms with van der Waals surface area (Å²) in [5.74, 6) is 0. The quantitative estimate of drug-likeness (QED) is 0.829. The Morgan fingerprint density at radius 3 is 2.68 bits per heavy atom. The zero-order valence-corrected chi connectivity index (χ0v) is 13.9. The summed E-state index contributed by atoms with van der Waals surface area (Å²) in [5.41, 5.74) is 0.159. The lowest BCUT2D eigenvalue weighted by atomic mass is 9.93. The lowest BCUT2D eigenvalue weighted by Crippen LogP contribution is -2.36. The van der Waals surface area contributed by atoms with E-state index in [2.05, 4.69) is 25.9 Å². The second kappa shape index (κ2) is 6.83. The zero-order chi connectivity index (χ0) is 14.6. The molecule has 1 N–H and O–H groups in total. The maximum atomic E-state index is 10.6. The van der Waals surface area contributed by atoms with Gasteiger partial charge in [-0.25, -0.2) is 0 Å². The second-order valence-corrected chi connectivity index (χ2v) is 6.03. The summed E-state index contributed by atoms with van der Waals surface area (Å²) in [5, 5.41) is 14.9. The van der Waals surface area contributed by atoms with Crippen molar-refractivity contribution in [3.05, 3.63) is 16.4 Å². The highest BCUT2D eigenvalue weighted by Gasteiger charge is 2.35. The Hall–Kier alpha value is -0.430. The Bertz CT molecular complexity index is 403. The Labute approximate surface area is 123 Å². The largest absolute Gasteiger partial charge is 0.384 e. The molecule has 1 aromatic heterocycles. The third-order valence-corrected chi connectivity index (χ3v) is 4.21. The normalized spacial score (nSPS) is 16.6. The maximum absolute atomic E-state index is 10.6. The molecule has 1 heterocycles. The fraction of sp³-hybridized carbons (Fsp3) is 0.769. The van der Waals surface area contributed by atoms with E-state index in [9.17, 15) is 5.11 Å². The van der Waals surface area contributed by atoms with Gasteiger partial charge in [-0.1, -0.05) is 6.92 Å². The Morgan fingerprint density at radius 1 is 1.58 bits per heavy atom. The van der Waals surface area contributed by atoms with Crippen molar-refractivity contribution in [2.24, 2.45) is 0 Å². The molecule has 1 rings (SSSR count). The molecule has 2 atom stereocenters. The molecule has 0 radical (unpaired) electrons. The topological polar surface area (TPSA) is 50.5 Å². The summed E-state index contributed by atoms with van der Waals surface area (Å²) < 4.78 is 8.14. The van der Waals surface area contributed by atoms with Crippen LogP contribution in [-0.2, 0) is 11.3 Å². The summed E-state index contributed by atoms with van der Waals surface area (Å²) in [6.07, 6.45) is 1.72. The SMILES string of the molecule is CCC(C)(OC)C(O)c1c(Br)cnn1CCN(C)C. The van der Waals surface area contributed by atoms with Crippen LogP contribution in [0.2, 0.25) is 0 Å². The highest BCUT2D eigenvalue weighted by Crippen LogP contribution is 2.35. The minimum Gasteiger partial charge on any atom is -0.384 e. The molecular weight excluding hydrogens is 310 g/mol. The first-order valence-corrected chi connectivity index (χ1v) is 7.24. The van der Waals surface area contributed by atoms with E-state index >= 15 is 0 Å². The Balaban J connectivity index is 3.01. The van der Waals surface area contributed by atoms with Gasteiger partial charge in [-0.05, 0) is 43.4 Å². The standard InChI is InChI=1S/C13H24BrN3O2/c1-6-13(2,19-5)12(18)11-10(14)9-15-17(11)8-7-16(3)4/h9,12,18H,6-8H2,1-5H3. The first kappa shape index (κ1) is 16.6. The Morgan fingerprint density at radius 2 is 2.21 bits per heavy atom. The molecule has 0 bridgehead atoms. The number of ether oxygens (including phenoxy) is 1. The van der Waals surface area contributed by atoms with Crippen LogP contribution in [0, 0.1) is 0 Å². The summed E-state index contributed by atoms with van der Waals surface area (Å²) in [6.45, 7) is 5.51. The molecule has 0 aliphatic rings. The average Bonchev–Trinajstić information content (AvgIpc) is 2.75. The van der Waals surface area contributed by atoms with Gasteiger partial charge in [-0.3, -0.25) is 4.68 Å². The van der Waals surface area contributed by atoms with Crippen molar-refractivity contribution in [1.82, 2.24) is 14.7 Å². The molecule has 1 aromatic rings. The molecule has 110 valence electrons. The molecule has 0 aliphatic carbocycles. The van der Waals surface area contributed by atoms with Crippen molar-refractivity contribution in [3.8, 4) is 0 Å². The van der Waals surface area contributed by atoms with E-state index < -0.39 is 11.7 Å². The number of nitrogens with zero attached hydrogens (tertiary/aromatic N) is 3. The molecule has 6 heteroatoms. The van der Waals surface area contributed by atoms with Crippen LogP contribution in [0.3, 0.4) is 0 Å². The van der Waals surface area contributed by atoms with Gasteiger partial charge in [0.05, 0.1) is 28.5 Å². The van der Waals surface area contributed by atoms with E-state index in [4.69, 9.17) is 4.74 Å². The number of aromatic nitrogens is 2. The van der Waals surface area contributed by atoms with E-state index in [0.717, 1.165) is 29.7 Å². The summed E-state index contributed by atoms with van der Waals surface area (Å²) in [4.78, 5) is 2.08. The molecular formula is C13H24BrN3O2. The van der Waals surface area contributed by atoms with Crippen LogP contribution in [0.4, 0.5) is 0 Å². The lowest BCUT2D eigenvalue weighted by Gasteiger charge is -2.32. The molecule has 2 unspecified atom stereocenters. The van der Waals surface area contributed by atoms with Crippen LogP contribution < -0.4 is 0 Å². The van der Waals surface area contributed by atoms with Gasteiger partial charge in [0, 0.05) is 13.7 Å². The molecule has 0 aliphatic heterocycles. The monoisotopic (exact) mass is 333 g/mol. The van der Waals surface area contributed by atoms with Gasteiger partial charge in [-0.15, -0.1) is 0 Å². The van der Waals surface area contributed by atoms with Crippen LogP contribution in [0.5, 0.6) is 0 Å². The molecule has 0 spiro atoms. The molecule has 0 amide bonds. The second-order valence-electron chi connectivity index (χ2n) is 5.18. The first-order valence-electron chi connectivity index (χ1n) is 6.44. The number of hydrogen-bond donors (Lipinski definition) is 1. The fourth-order valence-corrected chi connectivity index (χ4v) is 2.37. The van der Waals surface area contributed by atoms with Crippen LogP contribution in [-0.4, -0.2) is 53.1 Å². The third-order valence-electron chi connectivity index (χ3n) is 3.60. The molecule has 19 heavy (non-hydrogen) atoms. The number of hydrogen-bond acceptors (Lipinski definition) is 4. The van der Waals surface area contributed by atoms with Gasteiger partial charge in [-0.2, -0.15) is 5.10 Å². The maximum Gasteiger partial charge on any atom is 0.125 e. The van der Waals surface area contributed by atoms with Crippen molar-refractivity contribution >= 4 is 15.9 Å². The van der Waals surface area contributed by atoms with Crippen LogP contribution in [0.25, 0.3) is 0 Å². The Kier molecular flexibility index (Phi) is 5.98. The van der Waals surface area contributed by atoms with Crippen molar-refractivity contribution in [1.29, 1.82) is 0 Å². The summed E-state index contributed by atoms with van der Waals surface area (Å²) in [7, 11) is 5.65. The van der Waals surface area contributed by atoms with E-state index in [-0.39, 0.29) is 0 Å². The zero-order valence-electron chi connectivity index (χ0n) is 12.4. The van der Waals surface area contributed by atoms with Gasteiger partial charge in [0.25, 0.3) is 0 Å². The third kappa shape index (κ3) is 3.78. The van der Waals surface area contributed by atoms with Gasteiger partial charge in [0.1, 0.15) is 6.10 Å². The summed E-state index contributed by atoms with van der Waals surface area (Å²) in [6, 6.07) is 0. The van der Waals surface area contributed by atoms with Crippen LogP contribution >= 0.6 is 15.9 Å². The fourth-order valence-electron chi connectivity index (χ4n) is 1.86. The van der Waals surface area contributed by atoms with Gasteiger partial charge < -0.3 is 14.7 Å². The predicted molar refractivity (Wildman–Crippen MR) is 79.1 cm³/mol. The van der Waals surface area contributed by atoms with Gasteiger partial charge in [0.15, 0.2) is 0 Å². The highest BCUT2D eigenvalue weighted by molar-refractivity contribution is 9.10. The van der Waals surface area contributed by atoms with E-state index in [1.54, 1.807) is 13.3 Å². The minimum atomic E-state index is -0.721. The van der Waals surface area contributed by atoms with Crippen molar-refractivity contribution in [3.63, 3.8) is 0 Å². The number of likely N-dealkylation sites (N-methyl/N-ethyl adjacent to an activating group) is 1. The van der Waals surface area contributed by atoms with E-state index in [1.807, 2.05) is 32.6 Å². The van der Waals surface area contributed by atoms with Crippen molar-refractivity contribution in [2.75, 3.05) is 27.7 Å². The highest BCUT2D eigenvalue weighted by atomic mass is 79.9. The molecule has 0 saturated carbocycles. The van der Waals surface area contributed by atoms with E-state index in [1.165, 1.54) is 0 Å². The average molecular weight is 334 g/mol.